The molecule has 5 rings (SSSR count). The number of non-ortho nitro benzene ring substituents is 1. The fourth-order valence-electron chi connectivity index (χ4n) is 5.55. The van der Waals surface area contributed by atoms with Crippen LogP contribution in [0.4, 0.5) is 11.4 Å². The molecule has 1 amide bonds. The van der Waals surface area contributed by atoms with Gasteiger partial charge in [-0.15, -0.1) is 0 Å². The van der Waals surface area contributed by atoms with Gasteiger partial charge in [-0.2, -0.15) is 0 Å². The van der Waals surface area contributed by atoms with Crippen molar-refractivity contribution in [3.8, 4) is 0 Å². The lowest BCUT2D eigenvalue weighted by Gasteiger charge is -2.56. The first-order valence-electron chi connectivity index (χ1n) is 8.60. The zero-order valence-electron chi connectivity index (χ0n) is 13.6. The minimum absolute atomic E-state index is 0.105. The molecule has 0 aromatic heterocycles. The average molecular weight is 345 g/mol. The van der Waals surface area contributed by atoms with E-state index in [1.54, 1.807) is 0 Å². The molecule has 132 valence electrons. The standard InChI is InChI=1S/C17H19N3O5/c21-16(14-2-1-13(19(22)23)6-15(14)20(24)25)18-17-7-10-3-11(8-17)5-12(4-10)9-17/h1-2,6,10-12H,3-5,7-9H2,(H,18,21). The zero-order valence-corrected chi connectivity index (χ0v) is 13.6. The lowest BCUT2D eigenvalue weighted by molar-refractivity contribution is -0.394. The second kappa shape index (κ2) is 5.50. The number of rotatable bonds is 4. The Hall–Kier alpha value is -2.51. The summed E-state index contributed by atoms with van der Waals surface area (Å²) in [6.45, 7) is 0. The summed E-state index contributed by atoms with van der Waals surface area (Å²) in [7, 11) is 0. The van der Waals surface area contributed by atoms with Crippen LogP contribution in [0, 0.1) is 38.0 Å². The minimum Gasteiger partial charge on any atom is -0.346 e. The van der Waals surface area contributed by atoms with Crippen molar-refractivity contribution in [2.24, 2.45) is 17.8 Å². The fraction of sp³-hybridized carbons (Fsp3) is 0.588. The molecule has 0 atom stereocenters. The van der Waals surface area contributed by atoms with E-state index in [2.05, 4.69) is 5.32 Å². The van der Waals surface area contributed by atoms with Crippen molar-refractivity contribution in [3.05, 3.63) is 44.0 Å². The molecule has 4 bridgehead atoms. The molecule has 4 fully saturated rings. The molecule has 1 aromatic carbocycles. The lowest BCUT2D eigenvalue weighted by Crippen LogP contribution is -2.59. The summed E-state index contributed by atoms with van der Waals surface area (Å²) in [5, 5.41) is 25.2. The summed E-state index contributed by atoms with van der Waals surface area (Å²) in [6.07, 6.45) is 6.49. The molecule has 0 aliphatic heterocycles. The van der Waals surface area contributed by atoms with Gasteiger partial charge in [-0.3, -0.25) is 25.0 Å². The van der Waals surface area contributed by atoms with Gasteiger partial charge in [0.25, 0.3) is 17.3 Å². The molecule has 25 heavy (non-hydrogen) atoms. The van der Waals surface area contributed by atoms with Crippen LogP contribution in [0.25, 0.3) is 0 Å². The van der Waals surface area contributed by atoms with E-state index in [9.17, 15) is 25.0 Å². The summed E-state index contributed by atoms with van der Waals surface area (Å²) >= 11 is 0. The smallest absolute Gasteiger partial charge is 0.289 e. The molecule has 1 aromatic rings. The number of hydrogen-bond acceptors (Lipinski definition) is 5. The van der Waals surface area contributed by atoms with Gasteiger partial charge >= 0.3 is 0 Å². The van der Waals surface area contributed by atoms with Crippen LogP contribution in [-0.2, 0) is 0 Å². The first kappa shape index (κ1) is 16.0. The Morgan fingerprint density at radius 1 is 1.00 bits per heavy atom. The molecule has 4 aliphatic carbocycles. The van der Waals surface area contributed by atoms with E-state index in [4.69, 9.17) is 0 Å². The number of nitro groups is 2. The Kier molecular flexibility index (Phi) is 3.52. The number of nitro benzene ring substituents is 2. The maximum atomic E-state index is 12.8. The SMILES string of the molecule is O=C(NC12CC3CC(CC(C3)C1)C2)c1ccc([N+](=O)[O-])cc1[N+](=O)[O-]. The molecule has 0 unspecified atom stereocenters. The molecule has 0 saturated heterocycles. The van der Waals surface area contributed by atoms with Crippen molar-refractivity contribution in [1.82, 2.24) is 5.32 Å². The van der Waals surface area contributed by atoms with E-state index in [0.29, 0.717) is 17.8 Å². The molecular formula is C17H19N3O5. The van der Waals surface area contributed by atoms with Crippen LogP contribution in [-0.4, -0.2) is 21.3 Å². The zero-order chi connectivity index (χ0) is 17.8. The van der Waals surface area contributed by atoms with Gasteiger partial charge in [-0.05, 0) is 62.3 Å². The Morgan fingerprint density at radius 3 is 2.04 bits per heavy atom. The monoisotopic (exact) mass is 345 g/mol. The van der Waals surface area contributed by atoms with Gasteiger partial charge in [0.05, 0.1) is 15.9 Å². The van der Waals surface area contributed by atoms with Gasteiger partial charge < -0.3 is 5.32 Å². The van der Waals surface area contributed by atoms with Gasteiger partial charge in [-0.25, -0.2) is 0 Å². The van der Waals surface area contributed by atoms with Crippen LogP contribution >= 0.6 is 0 Å². The maximum absolute atomic E-state index is 12.8. The molecule has 8 nitrogen and oxygen atoms in total. The van der Waals surface area contributed by atoms with E-state index in [-0.39, 0.29) is 11.1 Å². The van der Waals surface area contributed by atoms with E-state index in [1.807, 2.05) is 0 Å². The van der Waals surface area contributed by atoms with Crippen molar-refractivity contribution in [3.63, 3.8) is 0 Å². The number of nitrogens with one attached hydrogen (secondary N) is 1. The largest absolute Gasteiger partial charge is 0.346 e. The average Bonchev–Trinajstić information content (AvgIpc) is 2.52. The summed E-state index contributed by atoms with van der Waals surface area (Å²) in [4.78, 5) is 33.4. The number of nitrogens with zero attached hydrogens (tertiary/aromatic N) is 2. The van der Waals surface area contributed by atoms with Crippen LogP contribution in [0.1, 0.15) is 48.9 Å². The van der Waals surface area contributed by atoms with Crippen molar-refractivity contribution in [2.45, 2.75) is 44.1 Å². The number of hydrogen-bond donors (Lipinski definition) is 1. The van der Waals surface area contributed by atoms with Crippen molar-refractivity contribution < 1.29 is 14.6 Å². The van der Waals surface area contributed by atoms with Crippen molar-refractivity contribution in [2.75, 3.05) is 0 Å². The van der Waals surface area contributed by atoms with Gasteiger partial charge in [-0.1, -0.05) is 0 Å². The predicted octanol–water partition coefficient (Wildman–Crippen LogP) is 3.20. The highest BCUT2D eigenvalue weighted by Gasteiger charge is 2.51. The number of carbonyl (C=O) groups is 1. The van der Waals surface area contributed by atoms with E-state index in [1.165, 1.54) is 25.3 Å². The van der Waals surface area contributed by atoms with Crippen molar-refractivity contribution in [1.29, 1.82) is 0 Å². The molecular weight excluding hydrogens is 326 g/mol. The summed E-state index contributed by atoms with van der Waals surface area (Å²) < 4.78 is 0. The van der Waals surface area contributed by atoms with E-state index < -0.39 is 27.1 Å². The highest BCUT2D eigenvalue weighted by molar-refractivity contribution is 5.99. The topological polar surface area (TPSA) is 115 Å². The first-order chi connectivity index (χ1) is 11.8. The molecule has 8 heteroatoms. The van der Waals surface area contributed by atoms with E-state index in [0.717, 1.165) is 31.4 Å². The summed E-state index contributed by atoms with van der Waals surface area (Å²) in [6, 6.07) is 3.18. The molecule has 0 radical (unpaired) electrons. The highest BCUT2D eigenvalue weighted by Crippen LogP contribution is 2.55. The fourth-order valence-corrected chi connectivity index (χ4v) is 5.55. The van der Waals surface area contributed by atoms with Crippen LogP contribution in [0.5, 0.6) is 0 Å². The third-order valence-electron chi connectivity index (χ3n) is 6.05. The van der Waals surface area contributed by atoms with Crippen LogP contribution in [0.15, 0.2) is 18.2 Å². The predicted molar refractivity (Wildman–Crippen MR) is 88.1 cm³/mol. The molecule has 4 aliphatic rings. The quantitative estimate of drug-likeness (QED) is 0.664. The molecule has 1 N–H and O–H groups in total. The Labute approximate surface area is 143 Å². The molecule has 0 heterocycles. The second-order valence-electron chi connectivity index (χ2n) is 7.87. The molecule has 4 saturated carbocycles. The first-order valence-corrected chi connectivity index (χ1v) is 8.60. The van der Waals surface area contributed by atoms with Gasteiger partial charge in [0, 0.05) is 11.6 Å². The summed E-state index contributed by atoms with van der Waals surface area (Å²) in [5.41, 5.74) is -1.28. The normalized spacial score (nSPS) is 32.4. The lowest BCUT2D eigenvalue weighted by atomic mass is 9.53. The third kappa shape index (κ3) is 2.75. The van der Waals surface area contributed by atoms with Gasteiger partial charge in [0.15, 0.2) is 0 Å². The van der Waals surface area contributed by atoms with Gasteiger partial charge in [0.1, 0.15) is 5.56 Å². The number of carbonyl (C=O) groups excluding carboxylic acids is 1. The Balaban J connectivity index is 1.61. The summed E-state index contributed by atoms with van der Waals surface area (Å²) in [5.74, 6) is 1.42. The minimum atomic E-state index is -0.735. The van der Waals surface area contributed by atoms with Crippen molar-refractivity contribution >= 4 is 17.3 Å². The Morgan fingerprint density at radius 2 is 1.56 bits per heavy atom. The van der Waals surface area contributed by atoms with Gasteiger partial charge in [0.2, 0.25) is 0 Å². The number of amides is 1. The molecule has 0 spiro atoms. The Bertz CT molecular complexity index is 740. The second-order valence-corrected chi connectivity index (χ2v) is 7.87. The number of benzene rings is 1. The van der Waals surface area contributed by atoms with Crippen LogP contribution in [0.3, 0.4) is 0 Å². The van der Waals surface area contributed by atoms with E-state index >= 15 is 0 Å². The van der Waals surface area contributed by atoms with Crippen LogP contribution in [0.2, 0.25) is 0 Å². The maximum Gasteiger partial charge on any atom is 0.289 e. The third-order valence-corrected chi connectivity index (χ3v) is 6.05. The van der Waals surface area contributed by atoms with Crippen LogP contribution < -0.4 is 5.32 Å². The highest BCUT2D eigenvalue weighted by atomic mass is 16.6.